The molecule has 152 valence electrons. The first-order chi connectivity index (χ1) is 13.5. The second-order valence-corrected chi connectivity index (χ2v) is 7.24. The maximum Gasteiger partial charge on any atom is 0.227 e. The van der Waals surface area contributed by atoms with Gasteiger partial charge in [0.05, 0.1) is 32.9 Å². The summed E-state index contributed by atoms with van der Waals surface area (Å²) >= 11 is 0. The molecular formula is C21H30N4O3. The third-order valence-electron chi connectivity index (χ3n) is 5.26. The number of carbonyl (C=O) groups is 1. The molecule has 0 saturated carbocycles. The Bertz CT molecular complexity index is 810. The number of methoxy groups -OCH3 is 2. The van der Waals surface area contributed by atoms with Crippen LogP contribution in [0.3, 0.4) is 0 Å². The lowest BCUT2D eigenvalue weighted by Crippen LogP contribution is -2.49. The molecule has 2 heterocycles. The van der Waals surface area contributed by atoms with Gasteiger partial charge in [-0.25, -0.2) is 0 Å². The quantitative estimate of drug-likeness (QED) is 0.727. The molecule has 1 aromatic carbocycles. The van der Waals surface area contributed by atoms with E-state index in [1.165, 1.54) is 5.69 Å². The topological polar surface area (TPSA) is 59.8 Å². The van der Waals surface area contributed by atoms with E-state index in [1.54, 1.807) is 14.2 Å². The molecule has 1 saturated heterocycles. The number of piperazine rings is 1. The largest absolute Gasteiger partial charge is 0.493 e. The van der Waals surface area contributed by atoms with E-state index in [0.717, 1.165) is 50.5 Å². The minimum Gasteiger partial charge on any atom is -0.493 e. The fourth-order valence-electron chi connectivity index (χ4n) is 3.64. The lowest BCUT2D eigenvalue weighted by Gasteiger charge is -2.34. The van der Waals surface area contributed by atoms with E-state index in [2.05, 4.69) is 27.7 Å². The van der Waals surface area contributed by atoms with Gasteiger partial charge in [0.25, 0.3) is 0 Å². The smallest absolute Gasteiger partial charge is 0.227 e. The third-order valence-corrected chi connectivity index (χ3v) is 5.26. The van der Waals surface area contributed by atoms with Gasteiger partial charge < -0.3 is 14.4 Å². The number of hydrogen-bond donors (Lipinski definition) is 0. The third kappa shape index (κ3) is 4.84. The van der Waals surface area contributed by atoms with Gasteiger partial charge in [-0.3, -0.25) is 14.4 Å². The van der Waals surface area contributed by atoms with Crippen LogP contribution < -0.4 is 9.47 Å². The van der Waals surface area contributed by atoms with E-state index in [4.69, 9.17) is 9.47 Å². The van der Waals surface area contributed by atoms with Gasteiger partial charge in [-0.2, -0.15) is 5.10 Å². The molecule has 0 spiro atoms. The van der Waals surface area contributed by atoms with Crippen molar-refractivity contribution in [3.63, 3.8) is 0 Å². The van der Waals surface area contributed by atoms with Crippen LogP contribution in [0.5, 0.6) is 11.5 Å². The highest BCUT2D eigenvalue weighted by Gasteiger charge is 2.21. The summed E-state index contributed by atoms with van der Waals surface area (Å²) < 4.78 is 12.6. The van der Waals surface area contributed by atoms with Crippen molar-refractivity contribution in [3.05, 3.63) is 41.2 Å². The first-order valence-electron chi connectivity index (χ1n) is 9.72. The molecule has 0 unspecified atom stereocenters. The maximum atomic E-state index is 12.7. The lowest BCUT2D eigenvalue weighted by atomic mass is 10.1. The van der Waals surface area contributed by atoms with Gasteiger partial charge in [0.2, 0.25) is 5.91 Å². The van der Waals surface area contributed by atoms with Gasteiger partial charge in [0.1, 0.15) is 0 Å². The van der Waals surface area contributed by atoms with Gasteiger partial charge in [0.15, 0.2) is 11.5 Å². The zero-order chi connectivity index (χ0) is 20.1. The molecule has 28 heavy (non-hydrogen) atoms. The first kappa shape index (κ1) is 20.2. The molecule has 3 rings (SSSR count). The molecule has 0 bridgehead atoms. The highest BCUT2D eigenvalue weighted by molar-refractivity contribution is 5.79. The van der Waals surface area contributed by atoms with Gasteiger partial charge in [0, 0.05) is 38.4 Å². The second kappa shape index (κ2) is 9.10. The number of benzene rings is 1. The molecule has 1 aliphatic rings. The van der Waals surface area contributed by atoms with Crippen LogP contribution in [-0.2, 0) is 17.8 Å². The van der Waals surface area contributed by atoms with E-state index in [-0.39, 0.29) is 5.91 Å². The molecule has 1 aliphatic heterocycles. The Hall–Kier alpha value is -2.54. The Labute approximate surface area is 166 Å². The van der Waals surface area contributed by atoms with E-state index in [9.17, 15) is 4.79 Å². The van der Waals surface area contributed by atoms with Gasteiger partial charge in [-0.15, -0.1) is 0 Å². The van der Waals surface area contributed by atoms with Crippen LogP contribution in [0, 0.1) is 13.8 Å². The molecule has 0 atom stereocenters. The van der Waals surface area contributed by atoms with Gasteiger partial charge >= 0.3 is 0 Å². The second-order valence-electron chi connectivity index (χ2n) is 7.24. The van der Waals surface area contributed by atoms with Crippen LogP contribution in [0.4, 0.5) is 0 Å². The Kier molecular flexibility index (Phi) is 6.57. The fraction of sp³-hybridized carbons (Fsp3) is 0.524. The zero-order valence-electron chi connectivity index (χ0n) is 17.3. The van der Waals surface area contributed by atoms with Crippen LogP contribution in [0.2, 0.25) is 0 Å². The molecule has 1 fully saturated rings. The Morgan fingerprint density at radius 2 is 1.71 bits per heavy atom. The molecule has 1 amide bonds. The van der Waals surface area contributed by atoms with Crippen molar-refractivity contribution in [2.24, 2.45) is 0 Å². The monoisotopic (exact) mass is 386 g/mol. The minimum absolute atomic E-state index is 0.158. The first-order valence-corrected chi connectivity index (χ1v) is 9.72. The van der Waals surface area contributed by atoms with Crippen molar-refractivity contribution in [1.82, 2.24) is 19.6 Å². The van der Waals surface area contributed by atoms with Crippen LogP contribution in [-0.4, -0.2) is 72.4 Å². The summed E-state index contributed by atoms with van der Waals surface area (Å²) in [5.74, 6) is 1.49. The van der Waals surface area contributed by atoms with Crippen molar-refractivity contribution in [3.8, 4) is 11.5 Å². The summed E-state index contributed by atoms with van der Waals surface area (Å²) in [5.41, 5.74) is 3.19. The van der Waals surface area contributed by atoms with Crippen molar-refractivity contribution < 1.29 is 14.3 Å². The van der Waals surface area contributed by atoms with Crippen LogP contribution in [0.1, 0.15) is 17.0 Å². The number of amides is 1. The number of aromatic nitrogens is 2. The Morgan fingerprint density at radius 1 is 1.00 bits per heavy atom. The van der Waals surface area contributed by atoms with Crippen LogP contribution in [0.15, 0.2) is 24.3 Å². The lowest BCUT2D eigenvalue weighted by molar-refractivity contribution is -0.132. The van der Waals surface area contributed by atoms with Crippen molar-refractivity contribution in [2.75, 3.05) is 46.9 Å². The summed E-state index contributed by atoms with van der Waals surface area (Å²) in [6, 6.07) is 7.74. The van der Waals surface area contributed by atoms with Gasteiger partial charge in [-0.1, -0.05) is 6.07 Å². The molecule has 0 N–H and O–H groups in total. The molecule has 1 aromatic heterocycles. The molecule has 0 radical (unpaired) electrons. The molecule has 0 aliphatic carbocycles. The van der Waals surface area contributed by atoms with Crippen molar-refractivity contribution in [2.45, 2.75) is 26.8 Å². The number of ether oxygens (including phenoxy) is 2. The van der Waals surface area contributed by atoms with Crippen LogP contribution in [0.25, 0.3) is 0 Å². The van der Waals surface area contributed by atoms with E-state index >= 15 is 0 Å². The number of carbonyl (C=O) groups excluding carboxylic acids is 1. The molecular weight excluding hydrogens is 356 g/mol. The highest BCUT2D eigenvalue weighted by Crippen LogP contribution is 2.27. The summed E-state index contributed by atoms with van der Waals surface area (Å²) in [5, 5.41) is 4.52. The van der Waals surface area contributed by atoms with Gasteiger partial charge in [-0.05, 0) is 37.6 Å². The van der Waals surface area contributed by atoms with Crippen molar-refractivity contribution in [1.29, 1.82) is 0 Å². The summed E-state index contributed by atoms with van der Waals surface area (Å²) in [4.78, 5) is 17.0. The maximum absolute atomic E-state index is 12.7. The molecule has 2 aromatic rings. The minimum atomic E-state index is 0.158. The zero-order valence-corrected chi connectivity index (χ0v) is 17.3. The molecule has 7 heteroatoms. The fourth-order valence-corrected chi connectivity index (χ4v) is 3.64. The number of hydrogen-bond acceptors (Lipinski definition) is 5. The Balaban J connectivity index is 1.48. The molecule has 7 nitrogen and oxygen atoms in total. The summed E-state index contributed by atoms with van der Waals surface area (Å²) in [6.07, 6.45) is 0.381. The average Bonchev–Trinajstić information content (AvgIpc) is 3.03. The number of nitrogens with zero attached hydrogens (tertiary/aromatic N) is 4. The Morgan fingerprint density at radius 3 is 2.32 bits per heavy atom. The number of aryl methyl sites for hydroxylation is 2. The standard InChI is InChI=1S/C21H30N4O3/c1-16-13-17(2)25(22-16)12-9-23-7-10-24(11-8-23)21(26)15-18-5-6-19(27-3)20(14-18)28-4/h5-6,13-14H,7-12,15H2,1-4H3. The highest BCUT2D eigenvalue weighted by atomic mass is 16.5. The normalized spacial score (nSPS) is 14.9. The average molecular weight is 386 g/mol. The summed E-state index contributed by atoms with van der Waals surface area (Å²) in [7, 11) is 3.21. The van der Waals surface area contributed by atoms with Crippen molar-refractivity contribution >= 4 is 5.91 Å². The van der Waals surface area contributed by atoms with E-state index < -0.39 is 0 Å². The predicted molar refractivity (Wildman–Crippen MR) is 108 cm³/mol. The summed E-state index contributed by atoms with van der Waals surface area (Å²) in [6.45, 7) is 9.29. The van der Waals surface area contributed by atoms with Crippen LogP contribution >= 0.6 is 0 Å². The van der Waals surface area contributed by atoms with E-state index in [0.29, 0.717) is 17.9 Å². The van der Waals surface area contributed by atoms with E-state index in [1.807, 2.05) is 30.0 Å². The SMILES string of the molecule is COc1ccc(CC(=O)N2CCN(CCn3nc(C)cc3C)CC2)cc1OC. The number of rotatable bonds is 7. The predicted octanol–water partition coefficient (Wildman–Crippen LogP) is 1.90.